The normalized spacial score (nSPS) is 15.4. The van der Waals surface area contributed by atoms with Gasteiger partial charge in [-0.25, -0.2) is 0 Å². The molecular weight excluding hydrogens is 657 g/mol. The molecule has 1 aliphatic carbocycles. The van der Waals surface area contributed by atoms with Crippen molar-refractivity contribution in [1.29, 1.82) is 0 Å². The summed E-state index contributed by atoms with van der Waals surface area (Å²) in [5.41, 5.74) is 16.4. The van der Waals surface area contributed by atoms with Crippen LogP contribution < -0.4 is 10.4 Å². The number of hydrogen-bond donors (Lipinski definition) is 0. The van der Waals surface area contributed by atoms with E-state index in [1.165, 1.54) is 55.6 Å². The second-order valence-electron chi connectivity index (χ2n) is 15.6. The molecule has 1 aliphatic heterocycles. The van der Waals surface area contributed by atoms with Crippen molar-refractivity contribution in [3.05, 3.63) is 192 Å². The molecule has 0 radical (unpaired) electrons. The summed E-state index contributed by atoms with van der Waals surface area (Å²) in [5, 5.41) is 0. The number of nitrogens with zero attached hydrogens (tertiary/aromatic N) is 1. The van der Waals surface area contributed by atoms with Crippen LogP contribution in [0.25, 0.3) is 33.4 Å². The van der Waals surface area contributed by atoms with E-state index < -0.39 is 18.3 Å². The lowest BCUT2D eigenvalue weighted by molar-refractivity contribution is 0.00578. The topological polar surface area (TPSA) is 21.7 Å². The molecule has 2 aliphatic rings. The third-order valence-corrected chi connectivity index (χ3v) is 11.7. The van der Waals surface area contributed by atoms with Gasteiger partial charge in [0.2, 0.25) is 0 Å². The first-order chi connectivity index (χ1) is 26.2. The SMILES string of the molecule is CC1(C)OB(c2ccc(N(c3ccc(-c4ccccc4)cc3)c3ccc4c(c3)Cc3ccccc3-c3ccccc3Cc3ccccc3-4)cc2)OC1(C)C. The zero-order valence-electron chi connectivity index (χ0n) is 31.4. The Labute approximate surface area is 320 Å². The Morgan fingerprint density at radius 3 is 1.35 bits per heavy atom. The minimum Gasteiger partial charge on any atom is -0.399 e. The fourth-order valence-electron chi connectivity index (χ4n) is 7.99. The first-order valence-electron chi connectivity index (χ1n) is 19.0. The van der Waals surface area contributed by atoms with E-state index in [2.05, 4.69) is 202 Å². The van der Waals surface area contributed by atoms with Crippen LogP contribution in [0.2, 0.25) is 0 Å². The molecule has 9 rings (SSSR count). The van der Waals surface area contributed by atoms with E-state index >= 15 is 0 Å². The molecule has 0 spiro atoms. The smallest absolute Gasteiger partial charge is 0.399 e. The summed E-state index contributed by atoms with van der Waals surface area (Å²) >= 11 is 0. The van der Waals surface area contributed by atoms with Crippen molar-refractivity contribution in [1.82, 2.24) is 0 Å². The summed E-state index contributed by atoms with van der Waals surface area (Å²) in [6.07, 6.45) is 1.68. The van der Waals surface area contributed by atoms with Crippen molar-refractivity contribution in [2.45, 2.75) is 51.7 Å². The average molecular weight is 702 g/mol. The summed E-state index contributed by atoms with van der Waals surface area (Å²) in [7, 11) is -0.419. The van der Waals surface area contributed by atoms with Crippen molar-refractivity contribution in [3.8, 4) is 33.4 Å². The molecule has 0 unspecified atom stereocenters. The number of hydrogen-bond acceptors (Lipinski definition) is 3. The van der Waals surface area contributed by atoms with E-state index in [1.54, 1.807) is 0 Å². The molecule has 0 amide bonds. The van der Waals surface area contributed by atoms with Crippen LogP contribution in [0.5, 0.6) is 0 Å². The molecule has 3 nitrogen and oxygen atoms in total. The second-order valence-corrected chi connectivity index (χ2v) is 15.6. The van der Waals surface area contributed by atoms with Crippen LogP contribution in [0.15, 0.2) is 170 Å². The molecule has 0 N–H and O–H groups in total. The van der Waals surface area contributed by atoms with Crippen LogP contribution in [-0.4, -0.2) is 18.3 Å². The van der Waals surface area contributed by atoms with Gasteiger partial charge >= 0.3 is 7.12 Å². The Morgan fingerprint density at radius 2 is 0.815 bits per heavy atom. The van der Waals surface area contributed by atoms with Gasteiger partial charge in [0.15, 0.2) is 0 Å². The Hall–Kier alpha value is -5.68. The number of fused-ring (bicyclic) bond motifs is 6. The second kappa shape index (κ2) is 13.6. The molecule has 7 aromatic carbocycles. The van der Waals surface area contributed by atoms with Gasteiger partial charge in [-0.05, 0) is 138 Å². The molecule has 1 fully saturated rings. The van der Waals surface area contributed by atoms with E-state index in [0.717, 1.165) is 35.4 Å². The minimum atomic E-state index is -0.419. The molecule has 54 heavy (non-hydrogen) atoms. The molecule has 1 saturated heterocycles. The van der Waals surface area contributed by atoms with Crippen molar-refractivity contribution < 1.29 is 9.31 Å². The van der Waals surface area contributed by atoms with Gasteiger partial charge in [0, 0.05) is 17.1 Å². The molecular formula is C50H44BNO2. The van der Waals surface area contributed by atoms with Crippen LogP contribution in [0.1, 0.15) is 49.9 Å². The van der Waals surface area contributed by atoms with E-state index in [4.69, 9.17) is 9.31 Å². The van der Waals surface area contributed by atoms with Gasteiger partial charge in [0.25, 0.3) is 0 Å². The molecule has 4 heteroatoms. The lowest BCUT2D eigenvalue weighted by atomic mass is 9.79. The van der Waals surface area contributed by atoms with Crippen LogP contribution in [-0.2, 0) is 22.2 Å². The highest BCUT2D eigenvalue weighted by molar-refractivity contribution is 6.62. The zero-order valence-corrected chi connectivity index (χ0v) is 31.4. The Kier molecular flexibility index (Phi) is 8.61. The van der Waals surface area contributed by atoms with Gasteiger partial charge in [-0.2, -0.15) is 0 Å². The predicted molar refractivity (Wildman–Crippen MR) is 225 cm³/mol. The van der Waals surface area contributed by atoms with Crippen LogP contribution >= 0.6 is 0 Å². The minimum absolute atomic E-state index is 0.402. The summed E-state index contributed by atoms with van der Waals surface area (Å²) in [4.78, 5) is 2.37. The first kappa shape index (κ1) is 34.1. The van der Waals surface area contributed by atoms with Gasteiger partial charge in [0.1, 0.15) is 0 Å². The fraction of sp³-hybridized carbons (Fsp3) is 0.160. The number of anilines is 3. The maximum Gasteiger partial charge on any atom is 0.494 e. The number of benzene rings is 7. The van der Waals surface area contributed by atoms with Crippen molar-refractivity contribution in [3.63, 3.8) is 0 Å². The van der Waals surface area contributed by atoms with E-state index in [-0.39, 0.29) is 0 Å². The maximum atomic E-state index is 6.42. The van der Waals surface area contributed by atoms with Crippen molar-refractivity contribution in [2.24, 2.45) is 0 Å². The largest absolute Gasteiger partial charge is 0.494 e. The van der Waals surface area contributed by atoms with Gasteiger partial charge in [-0.3, -0.25) is 0 Å². The molecule has 0 saturated carbocycles. The van der Waals surface area contributed by atoms with Crippen LogP contribution in [0, 0.1) is 0 Å². The third-order valence-electron chi connectivity index (χ3n) is 11.7. The van der Waals surface area contributed by atoms with Crippen LogP contribution in [0.4, 0.5) is 17.1 Å². The molecule has 0 bridgehead atoms. The van der Waals surface area contributed by atoms with Crippen molar-refractivity contribution in [2.75, 3.05) is 4.90 Å². The predicted octanol–water partition coefficient (Wildman–Crippen LogP) is 12.0. The van der Waals surface area contributed by atoms with Gasteiger partial charge in [0.05, 0.1) is 11.2 Å². The molecule has 264 valence electrons. The monoisotopic (exact) mass is 701 g/mol. The highest BCUT2D eigenvalue weighted by Gasteiger charge is 2.51. The first-order valence-corrected chi connectivity index (χ1v) is 19.0. The average Bonchev–Trinajstić information content (AvgIpc) is 3.42. The summed E-state index contributed by atoms with van der Waals surface area (Å²) in [6, 6.07) is 61.9. The molecule has 0 aromatic heterocycles. The number of rotatable bonds is 5. The quantitative estimate of drug-likeness (QED) is 0.167. The van der Waals surface area contributed by atoms with Gasteiger partial charge in [-0.15, -0.1) is 0 Å². The molecule has 7 aromatic rings. The lowest BCUT2D eigenvalue weighted by Crippen LogP contribution is -2.41. The standard InChI is InChI=1S/C50H44BNO2/c1-49(2)50(3,4)54-51(53-49)41-24-28-43(29-25-41)52(42-26-22-36(23-27-42)35-14-6-5-7-15-35)44-30-31-48-40(34-44)33-39-18-10-12-20-46(39)45-19-11-8-16-37(45)32-38-17-9-13-21-47(38)48/h5-31,34H,32-33H2,1-4H3. The molecule has 1 heterocycles. The highest BCUT2D eigenvalue weighted by atomic mass is 16.7. The van der Waals surface area contributed by atoms with Gasteiger partial charge in [-0.1, -0.05) is 133 Å². The summed E-state index contributed by atoms with van der Waals surface area (Å²) in [5.74, 6) is 0. The lowest BCUT2D eigenvalue weighted by Gasteiger charge is -2.32. The summed E-state index contributed by atoms with van der Waals surface area (Å²) in [6.45, 7) is 8.40. The zero-order chi connectivity index (χ0) is 36.9. The van der Waals surface area contributed by atoms with Crippen molar-refractivity contribution >= 4 is 29.6 Å². The third kappa shape index (κ3) is 6.26. The van der Waals surface area contributed by atoms with Crippen LogP contribution in [0.3, 0.4) is 0 Å². The Bertz CT molecular complexity index is 2440. The Morgan fingerprint density at radius 1 is 0.407 bits per heavy atom. The molecule has 0 atom stereocenters. The van der Waals surface area contributed by atoms with E-state index in [9.17, 15) is 0 Å². The van der Waals surface area contributed by atoms with E-state index in [0.29, 0.717) is 0 Å². The maximum absolute atomic E-state index is 6.42. The Balaban J connectivity index is 1.18. The van der Waals surface area contributed by atoms with E-state index in [1.807, 2.05) is 0 Å². The highest BCUT2D eigenvalue weighted by Crippen LogP contribution is 2.42. The van der Waals surface area contributed by atoms with Gasteiger partial charge < -0.3 is 14.2 Å². The summed E-state index contributed by atoms with van der Waals surface area (Å²) < 4.78 is 12.8. The fourth-order valence-corrected chi connectivity index (χ4v) is 7.99.